The van der Waals surface area contributed by atoms with Crippen molar-refractivity contribution in [2.24, 2.45) is 0 Å². The molecule has 0 heterocycles. The smallest absolute Gasteiger partial charge is 0.220 e. The molecule has 0 aromatic rings. The first kappa shape index (κ1) is 38.1. The van der Waals surface area contributed by atoms with E-state index in [1.54, 1.807) is 6.08 Å². The van der Waals surface area contributed by atoms with E-state index in [0.29, 0.717) is 6.42 Å². The van der Waals surface area contributed by atoms with Crippen molar-refractivity contribution in [1.82, 2.24) is 5.32 Å². The molecule has 0 bridgehead atoms. The molecule has 0 saturated carbocycles. The summed E-state index contributed by atoms with van der Waals surface area (Å²) < 4.78 is 0. The summed E-state index contributed by atoms with van der Waals surface area (Å²) in [5, 5.41) is 22.8. The van der Waals surface area contributed by atoms with Crippen molar-refractivity contribution in [3.63, 3.8) is 0 Å². The third-order valence-corrected chi connectivity index (χ3v) is 8.02. The van der Waals surface area contributed by atoms with Gasteiger partial charge in [-0.05, 0) is 19.3 Å². The zero-order chi connectivity index (χ0) is 28.7. The first-order valence-corrected chi connectivity index (χ1v) is 17.4. The Morgan fingerprint density at radius 3 is 1.33 bits per heavy atom. The van der Waals surface area contributed by atoms with Gasteiger partial charge < -0.3 is 15.5 Å². The fourth-order valence-electron chi connectivity index (χ4n) is 5.29. The first-order valence-electron chi connectivity index (χ1n) is 17.4. The van der Waals surface area contributed by atoms with Gasteiger partial charge in [-0.2, -0.15) is 0 Å². The maximum atomic E-state index is 12.2. The van der Waals surface area contributed by atoms with Crippen LogP contribution in [0.15, 0.2) is 12.2 Å². The van der Waals surface area contributed by atoms with E-state index in [9.17, 15) is 15.0 Å². The van der Waals surface area contributed by atoms with Crippen molar-refractivity contribution in [2.45, 2.75) is 199 Å². The summed E-state index contributed by atoms with van der Waals surface area (Å²) in [7, 11) is 0. The number of carbonyl (C=O) groups excluding carboxylic acids is 1. The van der Waals surface area contributed by atoms with E-state index in [0.717, 1.165) is 25.7 Å². The number of unbranched alkanes of at least 4 members (excludes halogenated alkanes) is 24. The maximum Gasteiger partial charge on any atom is 0.220 e. The van der Waals surface area contributed by atoms with Gasteiger partial charge in [0, 0.05) is 6.42 Å². The molecule has 0 spiro atoms. The lowest BCUT2D eigenvalue weighted by atomic mass is 10.0. The van der Waals surface area contributed by atoms with E-state index < -0.39 is 12.1 Å². The summed E-state index contributed by atoms with van der Waals surface area (Å²) in [5.74, 6) is -0.0662. The second-order valence-electron chi connectivity index (χ2n) is 11.9. The minimum absolute atomic E-state index is 0.0662. The van der Waals surface area contributed by atoms with Gasteiger partial charge in [-0.3, -0.25) is 4.79 Å². The summed E-state index contributed by atoms with van der Waals surface area (Å²) in [6.45, 7) is 4.29. The monoisotopic (exact) mass is 552 g/mol. The molecule has 2 unspecified atom stereocenters. The number of aliphatic hydroxyl groups excluding tert-OH is 2. The van der Waals surface area contributed by atoms with Crippen LogP contribution in [0.3, 0.4) is 0 Å². The molecule has 4 heteroatoms. The van der Waals surface area contributed by atoms with Crippen LogP contribution in [0, 0.1) is 0 Å². The highest BCUT2D eigenvalue weighted by Gasteiger charge is 2.17. The lowest BCUT2D eigenvalue weighted by molar-refractivity contribution is -0.123. The Bertz CT molecular complexity index is 522. The summed E-state index contributed by atoms with van der Waals surface area (Å²) in [4.78, 5) is 12.2. The van der Waals surface area contributed by atoms with Gasteiger partial charge in [0.1, 0.15) is 0 Å². The van der Waals surface area contributed by atoms with E-state index >= 15 is 0 Å². The van der Waals surface area contributed by atoms with Crippen LogP contribution in [-0.2, 0) is 4.79 Å². The van der Waals surface area contributed by atoms with E-state index in [-0.39, 0.29) is 12.5 Å². The number of hydrogen-bond donors (Lipinski definition) is 3. The van der Waals surface area contributed by atoms with Gasteiger partial charge in [-0.15, -0.1) is 0 Å². The highest BCUT2D eigenvalue weighted by Crippen LogP contribution is 2.14. The lowest BCUT2D eigenvalue weighted by Gasteiger charge is -2.20. The van der Waals surface area contributed by atoms with Crippen molar-refractivity contribution in [3.05, 3.63) is 12.2 Å². The SMILES string of the molecule is CCCCCCCCCCCCCCCCC/C=C/C(O)C(CO)NC(=O)CCCCCCCCCCCC. The van der Waals surface area contributed by atoms with E-state index in [2.05, 4.69) is 19.2 Å². The summed E-state index contributed by atoms with van der Waals surface area (Å²) in [6.07, 6.45) is 37.2. The van der Waals surface area contributed by atoms with Crippen LogP contribution in [0.4, 0.5) is 0 Å². The Kier molecular flexibility index (Phi) is 30.9. The van der Waals surface area contributed by atoms with Crippen LogP contribution in [-0.4, -0.2) is 34.9 Å². The Balaban J connectivity index is 3.60. The number of carbonyl (C=O) groups is 1. The van der Waals surface area contributed by atoms with Crippen molar-refractivity contribution in [1.29, 1.82) is 0 Å². The number of amides is 1. The Morgan fingerprint density at radius 1 is 0.590 bits per heavy atom. The molecule has 1 amide bonds. The molecule has 232 valence electrons. The molecule has 0 rings (SSSR count). The molecule has 0 saturated heterocycles. The average molecular weight is 552 g/mol. The summed E-state index contributed by atoms with van der Waals surface area (Å²) in [5.41, 5.74) is 0. The molecular weight excluding hydrogens is 482 g/mol. The second-order valence-corrected chi connectivity index (χ2v) is 11.9. The number of rotatable bonds is 31. The largest absolute Gasteiger partial charge is 0.394 e. The molecule has 0 fully saturated rings. The molecule has 0 aromatic carbocycles. The van der Waals surface area contributed by atoms with Crippen molar-refractivity contribution in [3.8, 4) is 0 Å². The molecule has 3 N–H and O–H groups in total. The highest BCUT2D eigenvalue weighted by molar-refractivity contribution is 5.76. The van der Waals surface area contributed by atoms with E-state index in [1.807, 2.05) is 6.08 Å². The molecular formula is C35H69NO3. The lowest BCUT2D eigenvalue weighted by Crippen LogP contribution is -2.45. The Labute approximate surface area is 244 Å². The van der Waals surface area contributed by atoms with Gasteiger partial charge in [0.15, 0.2) is 0 Å². The van der Waals surface area contributed by atoms with Crippen molar-refractivity contribution < 1.29 is 15.0 Å². The predicted octanol–water partition coefficient (Wildman–Crippen LogP) is 9.95. The number of nitrogens with one attached hydrogen (secondary N) is 1. The summed E-state index contributed by atoms with van der Waals surface area (Å²) >= 11 is 0. The third kappa shape index (κ3) is 28.5. The van der Waals surface area contributed by atoms with Crippen LogP contribution in [0.5, 0.6) is 0 Å². The van der Waals surface area contributed by atoms with Gasteiger partial charge in [0.2, 0.25) is 5.91 Å². The average Bonchev–Trinajstić information content (AvgIpc) is 2.94. The van der Waals surface area contributed by atoms with E-state index in [4.69, 9.17) is 0 Å². The molecule has 4 nitrogen and oxygen atoms in total. The Hall–Kier alpha value is -0.870. The van der Waals surface area contributed by atoms with Gasteiger partial charge in [-0.1, -0.05) is 174 Å². The van der Waals surface area contributed by atoms with E-state index in [1.165, 1.54) is 141 Å². The van der Waals surface area contributed by atoms with Gasteiger partial charge in [0.05, 0.1) is 18.8 Å². The van der Waals surface area contributed by atoms with Gasteiger partial charge in [0.25, 0.3) is 0 Å². The molecule has 0 aromatic heterocycles. The minimum Gasteiger partial charge on any atom is -0.394 e. The molecule has 0 radical (unpaired) electrons. The zero-order valence-electron chi connectivity index (χ0n) is 26.4. The number of hydrogen-bond acceptors (Lipinski definition) is 3. The predicted molar refractivity (Wildman–Crippen MR) is 170 cm³/mol. The number of aliphatic hydroxyl groups is 2. The van der Waals surface area contributed by atoms with Crippen LogP contribution in [0.1, 0.15) is 187 Å². The van der Waals surface area contributed by atoms with Crippen LogP contribution >= 0.6 is 0 Å². The molecule has 39 heavy (non-hydrogen) atoms. The Morgan fingerprint density at radius 2 is 0.949 bits per heavy atom. The minimum atomic E-state index is -0.831. The summed E-state index contributed by atoms with van der Waals surface area (Å²) in [6, 6.07) is -0.613. The molecule has 0 aliphatic rings. The first-order chi connectivity index (χ1) is 19.2. The van der Waals surface area contributed by atoms with Gasteiger partial charge in [-0.25, -0.2) is 0 Å². The fourth-order valence-corrected chi connectivity index (χ4v) is 5.29. The quantitative estimate of drug-likeness (QED) is 0.0593. The van der Waals surface area contributed by atoms with Crippen LogP contribution < -0.4 is 5.32 Å². The third-order valence-electron chi connectivity index (χ3n) is 8.02. The zero-order valence-corrected chi connectivity index (χ0v) is 26.4. The van der Waals surface area contributed by atoms with Crippen LogP contribution in [0.2, 0.25) is 0 Å². The highest BCUT2D eigenvalue weighted by atomic mass is 16.3. The van der Waals surface area contributed by atoms with Crippen molar-refractivity contribution >= 4 is 5.91 Å². The van der Waals surface area contributed by atoms with Crippen molar-refractivity contribution in [2.75, 3.05) is 6.61 Å². The van der Waals surface area contributed by atoms with Crippen LogP contribution in [0.25, 0.3) is 0 Å². The standard InChI is InChI=1S/C35H69NO3/c1-3-5-7-9-11-13-15-16-17-18-19-20-21-22-24-26-28-30-34(38)33(32-37)36-35(39)31-29-27-25-23-14-12-10-8-6-4-2/h28,30,33-34,37-38H,3-27,29,31-32H2,1-2H3,(H,36,39)/b30-28+. The molecule has 0 aliphatic carbocycles. The number of allylic oxidation sites excluding steroid dienone is 1. The topological polar surface area (TPSA) is 69.6 Å². The fraction of sp³-hybridized carbons (Fsp3) is 0.914. The molecule has 0 aliphatic heterocycles. The maximum absolute atomic E-state index is 12.2. The van der Waals surface area contributed by atoms with Gasteiger partial charge >= 0.3 is 0 Å². The second kappa shape index (κ2) is 31.7. The normalized spacial score (nSPS) is 13.2. The molecule has 2 atom stereocenters.